The molecule has 128 valence electrons. The fourth-order valence-corrected chi connectivity index (χ4v) is 2.53. The lowest BCUT2D eigenvalue weighted by molar-refractivity contribution is -0.385. The third-order valence-corrected chi connectivity index (χ3v) is 3.58. The smallest absolute Gasteiger partial charge is 0.340 e. The monoisotopic (exact) mass is 343 g/mol. The van der Waals surface area contributed by atoms with Crippen molar-refractivity contribution in [3.05, 3.63) is 55.5 Å². The molecule has 25 heavy (non-hydrogen) atoms. The van der Waals surface area contributed by atoms with Gasteiger partial charge in [0.25, 0.3) is 5.56 Å². The van der Waals surface area contributed by atoms with Gasteiger partial charge >= 0.3 is 11.7 Å². The predicted molar refractivity (Wildman–Crippen MR) is 86.5 cm³/mol. The average molecular weight is 343 g/mol. The molecular formula is C16H13N3O6. The van der Waals surface area contributed by atoms with Gasteiger partial charge in [-0.15, -0.1) is 0 Å². The number of nitrogens with one attached hydrogen (secondary N) is 1. The van der Waals surface area contributed by atoms with E-state index in [1.165, 1.54) is 32.2 Å². The zero-order valence-corrected chi connectivity index (χ0v) is 13.6. The molecule has 0 unspecified atom stereocenters. The van der Waals surface area contributed by atoms with Crippen LogP contribution in [0.2, 0.25) is 0 Å². The molecule has 0 aliphatic carbocycles. The van der Waals surface area contributed by atoms with Crippen LogP contribution in [0.15, 0.2) is 23.0 Å². The Morgan fingerprint density at radius 2 is 2.04 bits per heavy atom. The summed E-state index contributed by atoms with van der Waals surface area (Å²) in [5, 5.41) is 20.9. The number of hydrogen-bond acceptors (Lipinski definition) is 7. The number of aromatic amines is 1. The molecule has 0 atom stereocenters. The van der Waals surface area contributed by atoms with Gasteiger partial charge in [0.15, 0.2) is 5.75 Å². The maximum atomic E-state index is 12.2. The lowest BCUT2D eigenvalue weighted by Gasteiger charge is -2.13. The van der Waals surface area contributed by atoms with E-state index >= 15 is 0 Å². The van der Waals surface area contributed by atoms with Crippen LogP contribution >= 0.6 is 0 Å². The lowest BCUT2D eigenvalue weighted by Crippen LogP contribution is -2.20. The number of nitro benzene ring substituents is 1. The van der Waals surface area contributed by atoms with Crippen molar-refractivity contribution in [3.8, 4) is 22.9 Å². The first-order chi connectivity index (χ1) is 11.9. The third-order valence-electron chi connectivity index (χ3n) is 3.58. The minimum atomic E-state index is -0.836. The number of aryl methyl sites for hydroxylation is 1. The van der Waals surface area contributed by atoms with Gasteiger partial charge in [-0.2, -0.15) is 5.26 Å². The molecule has 9 nitrogen and oxygen atoms in total. The molecule has 0 aliphatic rings. The summed E-state index contributed by atoms with van der Waals surface area (Å²) in [6, 6.07) is 5.86. The van der Waals surface area contributed by atoms with Gasteiger partial charge in [0, 0.05) is 11.3 Å². The highest BCUT2D eigenvalue weighted by atomic mass is 16.6. The maximum absolute atomic E-state index is 12.2. The summed E-state index contributed by atoms with van der Waals surface area (Å²) in [7, 11) is 2.38. The van der Waals surface area contributed by atoms with Gasteiger partial charge in [0.05, 0.1) is 30.3 Å². The van der Waals surface area contributed by atoms with E-state index in [0.29, 0.717) is 0 Å². The molecule has 0 fully saturated rings. The molecule has 0 spiro atoms. The number of rotatable bonds is 4. The van der Waals surface area contributed by atoms with Crippen molar-refractivity contribution in [2.24, 2.45) is 0 Å². The second kappa shape index (κ2) is 6.84. The van der Waals surface area contributed by atoms with E-state index in [9.17, 15) is 25.0 Å². The summed E-state index contributed by atoms with van der Waals surface area (Å²) in [5.74, 6) is -0.905. The number of hydrogen-bond donors (Lipinski definition) is 1. The Kier molecular flexibility index (Phi) is 4.84. The zero-order chi connectivity index (χ0) is 18.7. The summed E-state index contributed by atoms with van der Waals surface area (Å²) in [6.07, 6.45) is 0. The molecule has 2 rings (SSSR count). The molecule has 1 aromatic heterocycles. The topological polar surface area (TPSA) is 135 Å². The fourth-order valence-electron chi connectivity index (χ4n) is 2.53. The zero-order valence-electron chi connectivity index (χ0n) is 13.6. The van der Waals surface area contributed by atoms with Gasteiger partial charge in [0.1, 0.15) is 11.6 Å². The number of aromatic nitrogens is 1. The Hall–Kier alpha value is -3.67. The summed E-state index contributed by atoms with van der Waals surface area (Å²) in [4.78, 5) is 37.5. The number of carbonyl (C=O) groups is 1. The van der Waals surface area contributed by atoms with Crippen LogP contribution in [0.25, 0.3) is 11.1 Å². The highest BCUT2D eigenvalue weighted by molar-refractivity contribution is 6.01. The molecule has 0 amide bonds. The van der Waals surface area contributed by atoms with E-state index in [4.69, 9.17) is 9.47 Å². The average Bonchev–Trinajstić information content (AvgIpc) is 2.59. The van der Waals surface area contributed by atoms with Crippen LogP contribution in [-0.4, -0.2) is 30.1 Å². The quantitative estimate of drug-likeness (QED) is 0.509. The molecule has 1 aromatic carbocycles. The summed E-state index contributed by atoms with van der Waals surface area (Å²) in [6.45, 7) is 1.43. The van der Waals surface area contributed by atoms with Crippen LogP contribution in [0.5, 0.6) is 5.75 Å². The first-order valence-corrected chi connectivity index (χ1v) is 6.94. The number of methoxy groups -OCH3 is 2. The Bertz CT molecular complexity index is 971. The van der Waals surface area contributed by atoms with Crippen molar-refractivity contribution in [1.82, 2.24) is 4.98 Å². The number of pyridine rings is 1. The Morgan fingerprint density at radius 3 is 2.56 bits per heavy atom. The largest absolute Gasteiger partial charge is 0.490 e. The van der Waals surface area contributed by atoms with Crippen LogP contribution < -0.4 is 10.3 Å². The molecular weight excluding hydrogens is 330 g/mol. The number of benzene rings is 1. The summed E-state index contributed by atoms with van der Waals surface area (Å²) < 4.78 is 9.71. The maximum Gasteiger partial charge on any atom is 0.340 e. The van der Waals surface area contributed by atoms with Crippen LogP contribution in [0.4, 0.5) is 5.69 Å². The van der Waals surface area contributed by atoms with Gasteiger partial charge < -0.3 is 14.5 Å². The van der Waals surface area contributed by atoms with Crippen molar-refractivity contribution in [2.75, 3.05) is 14.2 Å². The number of nitriles is 1. The van der Waals surface area contributed by atoms with Crippen LogP contribution in [0, 0.1) is 28.4 Å². The first-order valence-electron chi connectivity index (χ1n) is 6.94. The number of para-hydroxylation sites is 1. The van der Waals surface area contributed by atoms with E-state index in [-0.39, 0.29) is 28.1 Å². The Morgan fingerprint density at radius 1 is 1.36 bits per heavy atom. The molecule has 0 saturated carbocycles. The second-order valence-electron chi connectivity index (χ2n) is 4.92. The van der Waals surface area contributed by atoms with Crippen molar-refractivity contribution >= 4 is 11.7 Å². The molecule has 1 heterocycles. The number of esters is 1. The molecule has 0 aliphatic heterocycles. The highest BCUT2D eigenvalue weighted by Crippen LogP contribution is 2.40. The third kappa shape index (κ3) is 2.92. The SMILES string of the molecule is COC(=O)c1c(C)[nH]c(=O)c(C#N)c1-c1cccc(OC)c1[N+](=O)[O-]. The Labute approximate surface area is 141 Å². The molecule has 0 bridgehead atoms. The van der Waals surface area contributed by atoms with Crippen molar-refractivity contribution in [3.63, 3.8) is 0 Å². The van der Waals surface area contributed by atoms with E-state index in [2.05, 4.69) is 4.98 Å². The minimum absolute atomic E-state index is 0.0693. The van der Waals surface area contributed by atoms with Gasteiger partial charge in [-0.3, -0.25) is 14.9 Å². The van der Waals surface area contributed by atoms with Crippen LogP contribution in [0.3, 0.4) is 0 Å². The van der Waals surface area contributed by atoms with Gasteiger partial charge in [-0.25, -0.2) is 4.79 Å². The number of carbonyl (C=O) groups excluding carboxylic acids is 1. The standard InChI is InChI=1S/C16H13N3O6/c1-8-12(16(21)25-3)13(10(7-17)15(20)18-8)9-5-4-6-11(24-2)14(9)19(22)23/h4-6H,1-3H3,(H,18,20). The predicted octanol–water partition coefficient (Wildman–Crippen LogP) is 1.93. The van der Waals surface area contributed by atoms with E-state index in [0.717, 1.165) is 7.11 Å². The second-order valence-corrected chi connectivity index (χ2v) is 4.92. The van der Waals surface area contributed by atoms with Crippen LogP contribution in [-0.2, 0) is 4.74 Å². The highest BCUT2D eigenvalue weighted by Gasteiger charge is 2.30. The molecule has 2 aromatic rings. The van der Waals surface area contributed by atoms with Gasteiger partial charge in [0.2, 0.25) is 0 Å². The number of nitro groups is 1. The molecule has 0 radical (unpaired) electrons. The summed E-state index contributed by atoms with van der Waals surface area (Å²) >= 11 is 0. The van der Waals surface area contributed by atoms with Crippen molar-refractivity contribution in [2.45, 2.75) is 6.92 Å². The van der Waals surface area contributed by atoms with E-state index < -0.39 is 27.7 Å². The number of nitrogens with zero attached hydrogens (tertiary/aromatic N) is 2. The lowest BCUT2D eigenvalue weighted by atomic mass is 9.93. The normalized spacial score (nSPS) is 10.0. The minimum Gasteiger partial charge on any atom is -0.490 e. The number of ether oxygens (including phenoxy) is 2. The molecule has 9 heteroatoms. The first kappa shape index (κ1) is 17.7. The summed E-state index contributed by atoms with van der Waals surface area (Å²) in [5.41, 5.74) is -1.91. The van der Waals surface area contributed by atoms with Crippen molar-refractivity contribution in [1.29, 1.82) is 5.26 Å². The van der Waals surface area contributed by atoms with Crippen LogP contribution in [0.1, 0.15) is 21.6 Å². The van der Waals surface area contributed by atoms with Crippen molar-refractivity contribution < 1.29 is 19.2 Å². The van der Waals surface area contributed by atoms with E-state index in [1.54, 1.807) is 6.07 Å². The molecule has 1 N–H and O–H groups in total. The Balaban J connectivity index is 3.08. The van der Waals surface area contributed by atoms with Gasteiger partial charge in [-0.05, 0) is 19.1 Å². The number of H-pyrrole nitrogens is 1. The van der Waals surface area contributed by atoms with E-state index in [1.807, 2.05) is 0 Å². The fraction of sp³-hybridized carbons (Fsp3) is 0.188. The molecule has 0 saturated heterocycles. The van der Waals surface area contributed by atoms with Gasteiger partial charge in [-0.1, -0.05) is 6.07 Å².